The van der Waals surface area contributed by atoms with Gasteiger partial charge in [-0.05, 0) is 30.3 Å². The summed E-state index contributed by atoms with van der Waals surface area (Å²) in [4.78, 5) is 17.1. The fraction of sp³-hybridized carbons (Fsp3) is 0.250. The molecule has 1 aliphatic rings. The van der Waals surface area contributed by atoms with Crippen molar-refractivity contribution in [2.24, 2.45) is 0 Å². The number of sulfonamides is 1. The van der Waals surface area contributed by atoms with Crippen molar-refractivity contribution >= 4 is 39.1 Å². The van der Waals surface area contributed by atoms with Gasteiger partial charge in [0.25, 0.3) is 5.91 Å². The van der Waals surface area contributed by atoms with Crippen LogP contribution >= 0.6 is 23.2 Å². The molecule has 0 aliphatic carbocycles. The quantitative estimate of drug-likeness (QED) is 0.694. The zero-order valence-electron chi connectivity index (χ0n) is 13.7. The Hall–Kier alpha value is -1.81. The average molecular weight is 436 g/mol. The largest absolute Gasteiger partial charge is 0.335 e. The lowest BCUT2D eigenvalue weighted by Gasteiger charge is -2.34. The third-order valence-electron chi connectivity index (χ3n) is 4.05. The Kier molecular flexibility index (Phi) is 5.66. The van der Waals surface area contributed by atoms with Gasteiger partial charge in [-0.1, -0.05) is 23.2 Å². The van der Waals surface area contributed by atoms with Crippen LogP contribution in [0, 0.1) is 11.6 Å². The molecule has 3 rings (SSSR count). The maximum atomic E-state index is 13.9. The minimum Gasteiger partial charge on any atom is -0.335 e. The fourth-order valence-corrected chi connectivity index (χ4v) is 4.50. The van der Waals surface area contributed by atoms with Crippen LogP contribution in [0.5, 0.6) is 0 Å². The molecule has 0 bridgehead atoms. The summed E-state index contributed by atoms with van der Waals surface area (Å²) in [7, 11) is -4.23. The number of amides is 1. The highest BCUT2D eigenvalue weighted by Crippen LogP contribution is 2.23. The lowest BCUT2D eigenvalue weighted by Crippen LogP contribution is -2.50. The van der Waals surface area contributed by atoms with Crippen molar-refractivity contribution in [1.29, 1.82) is 0 Å². The van der Waals surface area contributed by atoms with E-state index in [2.05, 4.69) is 4.98 Å². The van der Waals surface area contributed by atoms with Gasteiger partial charge in [-0.25, -0.2) is 22.2 Å². The Morgan fingerprint density at radius 1 is 1.04 bits per heavy atom. The van der Waals surface area contributed by atoms with Crippen molar-refractivity contribution < 1.29 is 22.0 Å². The zero-order chi connectivity index (χ0) is 19.8. The summed E-state index contributed by atoms with van der Waals surface area (Å²) < 4.78 is 53.3. The third kappa shape index (κ3) is 4.06. The summed E-state index contributed by atoms with van der Waals surface area (Å²) in [5, 5.41) is 0.229. The van der Waals surface area contributed by atoms with E-state index >= 15 is 0 Å². The van der Waals surface area contributed by atoms with Crippen LogP contribution in [0.15, 0.2) is 35.2 Å². The molecule has 1 aromatic carbocycles. The molecule has 0 atom stereocenters. The van der Waals surface area contributed by atoms with Crippen LogP contribution in [-0.2, 0) is 10.0 Å². The van der Waals surface area contributed by atoms with Gasteiger partial charge in [0.15, 0.2) is 0 Å². The van der Waals surface area contributed by atoms with Crippen LogP contribution in [-0.4, -0.2) is 54.7 Å². The molecule has 1 fully saturated rings. The number of hydrogen-bond acceptors (Lipinski definition) is 4. The average Bonchev–Trinajstić information content (AvgIpc) is 2.65. The zero-order valence-corrected chi connectivity index (χ0v) is 16.0. The lowest BCUT2D eigenvalue weighted by molar-refractivity contribution is 0.0692. The van der Waals surface area contributed by atoms with Crippen LogP contribution < -0.4 is 0 Å². The van der Waals surface area contributed by atoms with Gasteiger partial charge in [-0.3, -0.25) is 4.79 Å². The summed E-state index contributed by atoms with van der Waals surface area (Å²) in [6.07, 6.45) is 0. The van der Waals surface area contributed by atoms with Gasteiger partial charge in [0.1, 0.15) is 27.4 Å². The normalized spacial score (nSPS) is 15.8. The molecule has 2 aromatic rings. The molecule has 1 amide bonds. The second-order valence-electron chi connectivity index (χ2n) is 5.74. The minimum absolute atomic E-state index is 0.0309. The topological polar surface area (TPSA) is 70.6 Å². The Morgan fingerprint density at radius 2 is 1.70 bits per heavy atom. The second kappa shape index (κ2) is 7.67. The van der Waals surface area contributed by atoms with E-state index < -0.39 is 32.5 Å². The van der Waals surface area contributed by atoms with E-state index in [9.17, 15) is 22.0 Å². The molecular weight excluding hydrogens is 423 g/mol. The molecule has 1 saturated heterocycles. The monoisotopic (exact) mass is 435 g/mol. The van der Waals surface area contributed by atoms with Crippen LogP contribution in [0.2, 0.25) is 10.2 Å². The maximum absolute atomic E-state index is 13.9. The van der Waals surface area contributed by atoms with E-state index in [1.54, 1.807) is 0 Å². The van der Waals surface area contributed by atoms with Crippen LogP contribution in [0.1, 0.15) is 10.5 Å². The molecule has 0 radical (unpaired) electrons. The fourth-order valence-electron chi connectivity index (χ4n) is 2.66. The smallest absolute Gasteiger partial charge is 0.274 e. The first-order valence-electron chi connectivity index (χ1n) is 7.76. The molecule has 1 aromatic heterocycles. The van der Waals surface area contributed by atoms with Crippen LogP contribution in [0.3, 0.4) is 0 Å². The highest BCUT2D eigenvalue weighted by molar-refractivity contribution is 7.89. The number of benzene rings is 1. The highest BCUT2D eigenvalue weighted by Gasteiger charge is 2.33. The number of rotatable bonds is 3. The van der Waals surface area contributed by atoms with Crippen molar-refractivity contribution in [1.82, 2.24) is 14.2 Å². The first kappa shape index (κ1) is 19.9. The van der Waals surface area contributed by atoms with E-state index in [1.807, 2.05) is 0 Å². The highest BCUT2D eigenvalue weighted by atomic mass is 35.5. The predicted octanol–water partition coefficient (Wildman–Crippen LogP) is 2.81. The molecule has 1 aliphatic heterocycles. The van der Waals surface area contributed by atoms with E-state index in [1.165, 1.54) is 17.0 Å². The molecular formula is C16H13Cl2F2N3O3S. The Morgan fingerprint density at radius 3 is 2.37 bits per heavy atom. The van der Waals surface area contributed by atoms with Gasteiger partial charge >= 0.3 is 0 Å². The number of halogens is 4. The van der Waals surface area contributed by atoms with Crippen LogP contribution in [0.4, 0.5) is 8.78 Å². The SMILES string of the molecule is O=C(c1nc(Cl)ccc1Cl)N1CCN(S(=O)(=O)c2cc(F)ccc2F)CC1. The van der Waals surface area contributed by atoms with Gasteiger partial charge in [0, 0.05) is 26.2 Å². The summed E-state index contributed by atoms with van der Waals surface area (Å²) in [5.41, 5.74) is -0.0309. The molecule has 0 spiro atoms. The van der Waals surface area contributed by atoms with Gasteiger partial charge in [0.05, 0.1) is 5.02 Å². The number of hydrogen-bond donors (Lipinski definition) is 0. The summed E-state index contributed by atoms with van der Waals surface area (Å²) in [6, 6.07) is 5.12. The third-order valence-corrected chi connectivity index (χ3v) is 6.48. The van der Waals surface area contributed by atoms with E-state index in [0.29, 0.717) is 6.07 Å². The van der Waals surface area contributed by atoms with Crippen molar-refractivity contribution in [3.05, 3.63) is 57.8 Å². The molecule has 0 N–H and O–H groups in total. The first-order valence-corrected chi connectivity index (χ1v) is 9.96. The second-order valence-corrected chi connectivity index (χ2v) is 8.44. The summed E-state index contributed by atoms with van der Waals surface area (Å²) in [5.74, 6) is -2.38. The van der Waals surface area contributed by atoms with Crippen molar-refractivity contribution in [2.75, 3.05) is 26.2 Å². The minimum atomic E-state index is -4.23. The predicted molar refractivity (Wildman–Crippen MR) is 95.3 cm³/mol. The van der Waals surface area contributed by atoms with Crippen molar-refractivity contribution in [3.63, 3.8) is 0 Å². The molecule has 0 unspecified atom stereocenters. The Bertz CT molecular complexity index is 996. The number of nitrogens with zero attached hydrogens (tertiary/aromatic N) is 3. The molecule has 2 heterocycles. The summed E-state index contributed by atoms with van der Waals surface area (Å²) in [6.45, 7) is -0.0799. The van der Waals surface area contributed by atoms with Crippen LogP contribution in [0.25, 0.3) is 0 Å². The van der Waals surface area contributed by atoms with E-state index in [0.717, 1.165) is 16.4 Å². The number of carbonyl (C=O) groups excluding carboxylic acids is 1. The number of carbonyl (C=O) groups is 1. The maximum Gasteiger partial charge on any atom is 0.274 e. The first-order chi connectivity index (χ1) is 12.7. The summed E-state index contributed by atoms with van der Waals surface area (Å²) >= 11 is 11.8. The molecule has 11 heteroatoms. The number of piperazine rings is 1. The van der Waals surface area contributed by atoms with E-state index in [-0.39, 0.29) is 42.0 Å². The molecule has 6 nitrogen and oxygen atoms in total. The van der Waals surface area contributed by atoms with Crippen molar-refractivity contribution in [3.8, 4) is 0 Å². The van der Waals surface area contributed by atoms with Crippen molar-refractivity contribution in [2.45, 2.75) is 4.90 Å². The number of aromatic nitrogens is 1. The molecule has 27 heavy (non-hydrogen) atoms. The lowest BCUT2D eigenvalue weighted by atomic mass is 10.3. The Balaban J connectivity index is 1.76. The molecule has 144 valence electrons. The van der Waals surface area contributed by atoms with Gasteiger partial charge in [-0.2, -0.15) is 4.31 Å². The van der Waals surface area contributed by atoms with Gasteiger partial charge < -0.3 is 4.90 Å². The van der Waals surface area contributed by atoms with E-state index in [4.69, 9.17) is 23.2 Å². The molecule has 0 saturated carbocycles. The van der Waals surface area contributed by atoms with Gasteiger partial charge in [-0.15, -0.1) is 0 Å². The number of pyridine rings is 1. The Labute approximate surface area is 164 Å². The van der Waals surface area contributed by atoms with Gasteiger partial charge in [0.2, 0.25) is 10.0 Å². The standard InChI is InChI=1S/C16H13Cl2F2N3O3S/c17-11-2-4-14(18)21-15(11)16(24)22-5-7-23(8-6-22)27(25,26)13-9-10(19)1-3-12(13)20/h1-4,9H,5-8H2.